The summed E-state index contributed by atoms with van der Waals surface area (Å²) < 4.78 is 0. The minimum atomic E-state index is -1.80. The molecule has 0 amide bonds. The zero-order chi connectivity index (χ0) is 6.73. The molecule has 0 aliphatic rings. The second kappa shape index (κ2) is 4.75. The van der Waals surface area contributed by atoms with Crippen LogP contribution in [0.25, 0.3) is 0 Å². The van der Waals surface area contributed by atoms with Gasteiger partial charge in [0.05, 0.1) is 0 Å². The molecule has 0 aromatic carbocycles. The summed E-state index contributed by atoms with van der Waals surface area (Å²) in [5.41, 5.74) is 4.56. The molecule has 48 valence electrons. The fourth-order valence-electron chi connectivity index (χ4n) is 0.106. The van der Waals surface area contributed by atoms with E-state index in [2.05, 4.69) is 5.73 Å². The molecule has 0 bridgehead atoms. The molecule has 0 saturated carbocycles. The number of aliphatic carboxylic acids is 2. The third-order valence-electron chi connectivity index (χ3n) is 0.532. The Kier molecular flexibility index (Phi) is 6.16. The molecule has 0 saturated heterocycles. The van der Waals surface area contributed by atoms with Crippen molar-refractivity contribution in [2.75, 3.05) is 0 Å². The van der Waals surface area contributed by atoms with Crippen LogP contribution in [0.15, 0.2) is 0 Å². The summed E-state index contributed by atoms with van der Waals surface area (Å²) in [6.07, 6.45) is 0. The number of carbonyl (C=O) groups is 2. The van der Waals surface area contributed by atoms with Crippen LogP contribution in [0.2, 0.25) is 0 Å². The predicted octanol–water partition coefficient (Wildman–Crippen LogP) is -2.17. The molecule has 0 aromatic heterocycles. The van der Waals surface area contributed by atoms with Gasteiger partial charge in [0.25, 0.3) is 0 Å². The van der Waals surface area contributed by atoms with E-state index in [0.717, 1.165) is 0 Å². The van der Waals surface area contributed by atoms with Gasteiger partial charge in [0.2, 0.25) is 6.04 Å². The number of nitrogens with two attached hydrogens (primary N) is 1. The quantitative estimate of drug-likeness (QED) is 0.302. The number of carboxylic acids is 2. The second-order valence-electron chi connectivity index (χ2n) is 1.15. The number of hydrogen-bond acceptors (Lipinski definition) is 3. The van der Waals surface area contributed by atoms with Crippen molar-refractivity contribution in [3.8, 4) is 0 Å². The van der Waals surface area contributed by atoms with Gasteiger partial charge in [0.15, 0.2) is 0 Å². The Balaban J connectivity index is 0. The summed E-state index contributed by atoms with van der Waals surface area (Å²) in [6, 6.07) is -1.80. The third kappa shape index (κ3) is 4.41. The molecule has 0 spiro atoms. The Hall–Kier alpha value is -0.100. The van der Waals surface area contributed by atoms with Crippen LogP contribution in [0.3, 0.4) is 0 Å². The molecule has 0 aliphatic heterocycles. The van der Waals surface area contributed by atoms with E-state index in [-0.39, 0.29) is 29.6 Å². The number of carboxylic acid groups (broad SMARTS) is 2. The van der Waals surface area contributed by atoms with E-state index in [1.165, 1.54) is 0 Å². The minimum absolute atomic E-state index is 0. The van der Waals surface area contributed by atoms with Crippen molar-refractivity contribution in [3.63, 3.8) is 0 Å². The molecule has 0 aliphatic carbocycles. The van der Waals surface area contributed by atoms with Gasteiger partial charge in [-0.1, -0.05) is 0 Å². The fraction of sp³-hybridized carbons (Fsp3) is 0.333. The Labute approximate surface area is 73.1 Å². The Morgan fingerprint density at radius 2 is 1.44 bits per heavy atom. The van der Waals surface area contributed by atoms with E-state index in [9.17, 15) is 9.59 Å². The van der Waals surface area contributed by atoms with Crippen molar-refractivity contribution in [1.29, 1.82) is 0 Å². The van der Waals surface area contributed by atoms with E-state index < -0.39 is 18.0 Å². The average molecular weight is 143 g/mol. The van der Waals surface area contributed by atoms with Gasteiger partial charge in [-0.3, -0.25) is 0 Å². The number of hydrogen-bond donors (Lipinski definition) is 3. The SMILES string of the molecule is NC(C(=O)O)C(=O)O.[NaH]. The van der Waals surface area contributed by atoms with E-state index in [1.54, 1.807) is 0 Å². The Morgan fingerprint density at radius 3 is 1.44 bits per heavy atom. The first-order valence-electron chi connectivity index (χ1n) is 1.77. The molecule has 5 nitrogen and oxygen atoms in total. The molecule has 0 aromatic rings. The van der Waals surface area contributed by atoms with Crippen molar-refractivity contribution >= 4 is 41.5 Å². The molecule has 0 heterocycles. The molecule has 0 atom stereocenters. The van der Waals surface area contributed by atoms with Crippen LogP contribution in [-0.4, -0.2) is 57.8 Å². The van der Waals surface area contributed by atoms with Crippen LogP contribution in [-0.2, 0) is 9.59 Å². The maximum atomic E-state index is 9.63. The van der Waals surface area contributed by atoms with E-state index in [4.69, 9.17) is 10.2 Å². The van der Waals surface area contributed by atoms with Gasteiger partial charge in [-0.15, -0.1) is 0 Å². The van der Waals surface area contributed by atoms with Crippen molar-refractivity contribution in [3.05, 3.63) is 0 Å². The summed E-state index contributed by atoms with van der Waals surface area (Å²) in [7, 11) is 0. The monoisotopic (exact) mass is 143 g/mol. The third-order valence-corrected chi connectivity index (χ3v) is 0.532. The summed E-state index contributed by atoms with van der Waals surface area (Å²) >= 11 is 0. The van der Waals surface area contributed by atoms with Crippen LogP contribution in [0.5, 0.6) is 0 Å². The van der Waals surface area contributed by atoms with Crippen molar-refractivity contribution in [1.82, 2.24) is 0 Å². The first-order valence-corrected chi connectivity index (χ1v) is 1.77. The first-order chi connectivity index (χ1) is 3.55. The van der Waals surface area contributed by atoms with Crippen LogP contribution in [0.1, 0.15) is 0 Å². The maximum absolute atomic E-state index is 9.63. The normalized spacial score (nSPS) is 8.22. The molecular formula is C3H6NNaO4. The summed E-state index contributed by atoms with van der Waals surface area (Å²) in [5, 5.41) is 15.7. The molecule has 9 heavy (non-hydrogen) atoms. The van der Waals surface area contributed by atoms with Gasteiger partial charge in [0, 0.05) is 0 Å². The Bertz CT molecular complexity index is 111. The van der Waals surface area contributed by atoms with Crippen LogP contribution in [0.4, 0.5) is 0 Å². The first kappa shape index (κ1) is 11.7. The van der Waals surface area contributed by atoms with E-state index in [1.807, 2.05) is 0 Å². The van der Waals surface area contributed by atoms with Crippen molar-refractivity contribution in [2.24, 2.45) is 5.73 Å². The topological polar surface area (TPSA) is 101 Å². The van der Waals surface area contributed by atoms with Crippen LogP contribution >= 0.6 is 0 Å². The molecule has 6 heteroatoms. The standard InChI is InChI=1S/C3H5NO4.Na.H/c4-1(2(5)6)3(7)8;;/h1H,4H2,(H,5,6)(H,7,8);;. The van der Waals surface area contributed by atoms with Gasteiger partial charge >= 0.3 is 41.5 Å². The van der Waals surface area contributed by atoms with Gasteiger partial charge in [0.1, 0.15) is 0 Å². The van der Waals surface area contributed by atoms with Crippen molar-refractivity contribution in [2.45, 2.75) is 6.04 Å². The van der Waals surface area contributed by atoms with Crippen LogP contribution in [0, 0.1) is 0 Å². The zero-order valence-corrected chi connectivity index (χ0v) is 3.87. The molecule has 0 fully saturated rings. The van der Waals surface area contributed by atoms with Gasteiger partial charge in [-0.05, 0) is 0 Å². The molecule has 0 unspecified atom stereocenters. The van der Waals surface area contributed by atoms with Crippen LogP contribution < -0.4 is 5.73 Å². The number of rotatable bonds is 2. The second-order valence-corrected chi connectivity index (χ2v) is 1.15. The summed E-state index contributed by atoms with van der Waals surface area (Å²) in [5.74, 6) is -3.06. The Morgan fingerprint density at radius 1 is 1.22 bits per heavy atom. The summed E-state index contributed by atoms with van der Waals surface area (Å²) in [4.78, 5) is 19.3. The van der Waals surface area contributed by atoms with Gasteiger partial charge < -0.3 is 15.9 Å². The van der Waals surface area contributed by atoms with Gasteiger partial charge in [-0.2, -0.15) is 0 Å². The zero-order valence-electron chi connectivity index (χ0n) is 3.87. The van der Waals surface area contributed by atoms with E-state index >= 15 is 0 Å². The average Bonchev–Trinajstić information content (AvgIpc) is 1.64. The van der Waals surface area contributed by atoms with Gasteiger partial charge in [-0.25, -0.2) is 9.59 Å². The molecule has 4 N–H and O–H groups in total. The fourth-order valence-corrected chi connectivity index (χ4v) is 0.106. The molecule has 0 rings (SSSR count). The van der Waals surface area contributed by atoms with E-state index in [0.29, 0.717) is 0 Å². The molecular weight excluding hydrogens is 137 g/mol. The van der Waals surface area contributed by atoms with Crippen molar-refractivity contribution < 1.29 is 19.8 Å². The predicted molar refractivity (Wildman–Crippen MR) is 30.4 cm³/mol. The summed E-state index contributed by atoms with van der Waals surface area (Å²) in [6.45, 7) is 0. The molecule has 0 radical (unpaired) electrons.